The number of hydrogen-bond donors (Lipinski definition) is 0. The van der Waals surface area contributed by atoms with Crippen molar-refractivity contribution in [1.82, 2.24) is 0 Å². The average molecular weight is 295 g/mol. The summed E-state index contributed by atoms with van der Waals surface area (Å²) in [5, 5.41) is 8.79. The Balaban J connectivity index is 2.91. The first-order chi connectivity index (χ1) is 9.66. The maximum Gasteiger partial charge on any atom is 0.334 e. The second-order valence-electron chi connectivity index (χ2n) is 4.42. The Bertz CT molecular complexity index is 460. The second kappa shape index (κ2) is 8.92. The van der Waals surface area contributed by atoms with Crippen LogP contribution in [0.15, 0.2) is 30.3 Å². The summed E-state index contributed by atoms with van der Waals surface area (Å²) in [5.74, 6) is 0. The standard InChI is InChI=1S/C15H22NO3P/c1-3-18-20(17,19-4-2)15(11-8-12-16)13-14-9-6-5-7-10-14/h5-7,9-10,15H,3-4,8,11,13H2,1-2H3. The molecule has 1 aromatic carbocycles. The van der Waals surface area contributed by atoms with E-state index in [9.17, 15) is 4.57 Å². The maximum absolute atomic E-state index is 12.9. The molecule has 0 radical (unpaired) electrons. The molecule has 0 saturated carbocycles. The van der Waals surface area contributed by atoms with Gasteiger partial charge in [0.15, 0.2) is 0 Å². The Hall–Kier alpha value is -1.14. The van der Waals surface area contributed by atoms with Crippen molar-refractivity contribution >= 4 is 7.60 Å². The molecule has 0 amide bonds. The van der Waals surface area contributed by atoms with Crippen LogP contribution in [0.4, 0.5) is 0 Å². The number of benzene rings is 1. The smallest absolute Gasteiger partial charge is 0.309 e. The van der Waals surface area contributed by atoms with Crippen LogP contribution >= 0.6 is 7.60 Å². The van der Waals surface area contributed by atoms with E-state index in [-0.39, 0.29) is 5.66 Å². The monoisotopic (exact) mass is 295 g/mol. The maximum atomic E-state index is 12.9. The van der Waals surface area contributed by atoms with E-state index in [0.29, 0.717) is 32.5 Å². The van der Waals surface area contributed by atoms with E-state index >= 15 is 0 Å². The third-order valence-electron chi connectivity index (χ3n) is 2.97. The third kappa shape index (κ3) is 5.09. The van der Waals surface area contributed by atoms with Crippen LogP contribution in [0, 0.1) is 11.3 Å². The molecule has 0 N–H and O–H groups in total. The second-order valence-corrected chi connectivity index (χ2v) is 6.74. The van der Waals surface area contributed by atoms with E-state index in [0.717, 1.165) is 5.56 Å². The van der Waals surface area contributed by atoms with Crippen molar-refractivity contribution in [3.05, 3.63) is 35.9 Å². The lowest BCUT2D eigenvalue weighted by atomic mass is 10.1. The van der Waals surface area contributed by atoms with Crippen molar-refractivity contribution in [2.24, 2.45) is 0 Å². The zero-order valence-corrected chi connectivity index (χ0v) is 13.0. The minimum Gasteiger partial charge on any atom is -0.309 e. The number of nitrogens with zero attached hydrogens (tertiary/aromatic N) is 1. The van der Waals surface area contributed by atoms with Crippen molar-refractivity contribution in [2.45, 2.75) is 38.8 Å². The highest BCUT2D eigenvalue weighted by atomic mass is 31.2. The van der Waals surface area contributed by atoms with Gasteiger partial charge in [-0.2, -0.15) is 5.26 Å². The molecule has 1 rings (SSSR count). The first kappa shape index (κ1) is 16.9. The van der Waals surface area contributed by atoms with Gasteiger partial charge >= 0.3 is 7.60 Å². The van der Waals surface area contributed by atoms with E-state index in [1.807, 2.05) is 30.3 Å². The molecule has 1 aromatic rings. The van der Waals surface area contributed by atoms with Gasteiger partial charge in [0.05, 0.1) is 24.9 Å². The molecule has 0 bridgehead atoms. The van der Waals surface area contributed by atoms with Crippen molar-refractivity contribution < 1.29 is 13.6 Å². The molecule has 0 aliphatic heterocycles. The molecular formula is C15H22NO3P. The minimum atomic E-state index is -3.18. The number of hydrogen-bond acceptors (Lipinski definition) is 4. The lowest BCUT2D eigenvalue weighted by molar-refractivity contribution is 0.210. The predicted octanol–water partition coefficient (Wildman–Crippen LogP) is 4.17. The Kier molecular flexibility index (Phi) is 7.54. The van der Waals surface area contributed by atoms with Gasteiger partial charge in [0, 0.05) is 6.42 Å². The molecule has 0 aliphatic carbocycles. The fraction of sp³-hybridized carbons (Fsp3) is 0.533. The van der Waals surface area contributed by atoms with Gasteiger partial charge in [0.1, 0.15) is 0 Å². The zero-order valence-electron chi connectivity index (χ0n) is 12.1. The third-order valence-corrected chi connectivity index (χ3v) is 5.54. The van der Waals surface area contributed by atoms with Crippen molar-refractivity contribution in [2.75, 3.05) is 13.2 Å². The number of nitriles is 1. The highest BCUT2D eigenvalue weighted by Crippen LogP contribution is 2.55. The zero-order chi connectivity index (χ0) is 14.8. The number of rotatable bonds is 9. The van der Waals surface area contributed by atoms with E-state index in [1.54, 1.807) is 13.8 Å². The molecule has 1 atom stereocenters. The van der Waals surface area contributed by atoms with Gasteiger partial charge in [-0.1, -0.05) is 30.3 Å². The lowest BCUT2D eigenvalue weighted by Crippen LogP contribution is -2.16. The van der Waals surface area contributed by atoms with Gasteiger partial charge in [-0.25, -0.2) is 0 Å². The van der Waals surface area contributed by atoms with E-state index < -0.39 is 7.60 Å². The SMILES string of the molecule is CCOP(=O)(OCC)C(CCC#N)Cc1ccccc1. The quantitative estimate of drug-likeness (QED) is 0.642. The van der Waals surface area contributed by atoms with E-state index in [4.69, 9.17) is 14.3 Å². The highest BCUT2D eigenvalue weighted by Gasteiger charge is 2.35. The van der Waals surface area contributed by atoms with Crippen LogP contribution in [0.3, 0.4) is 0 Å². The summed E-state index contributed by atoms with van der Waals surface area (Å²) in [6.07, 6.45) is 1.46. The van der Waals surface area contributed by atoms with Gasteiger partial charge in [0.25, 0.3) is 0 Å². The average Bonchev–Trinajstić information content (AvgIpc) is 2.45. The molecule has 0 aromatic heterocycles. The molecule has 0 saturated heterocycles. The Morgan fingerprint density at radius 3 is 2.30 bits per heavy atom. The summed E-state index contributed by atoms with van der Waals surface area (Å²) in [6, 6.07) is 11.9. The molecule has 110 valence electrons. The van der Waals surface area contributed by atoms with Crippen LogP contribution < -0.4 is 0 Å². The minimum absolute atomic E-state index is 0.274. The highest BCUT2D eigenvalue weighted by molar-refractivity contribution is 7.54. The van der Waals surface area contributed by atoms with E-state index in [2.05, 4.69) is 6.07 Å². The fourth-order valence-electron chi connectivity index (χ4n) is 2.10. The summed E-state index contributed by atoms with van der Waals surface area (Å²) in [5.41, 5.74) is 0.805. The summed E-state index contributed by atoms with van der Waals surface area (Å²) < 4.78 is 23.7. The van der Waals surface area contributed by atoms with Crippen molar-refractivity contribution in [3.8, 4) is 6.07 Å². The fourth-order valence-corrected chi connectivity index (χ4v) is 4.19. The Morgan fingerprint density at radius 1 is 1.20 bits per heavy atom. The summed E-state index contributed by atoms with van der Waals surface area (Å²) >= 11 is 0. The molecule has 4 nitrogen and oxygen atoms in total. The van der Waals surface area contributed by atoms with E-state index in [1.165, 1.54) is 0 Å². The van der Waals surface area contributed by atoms with Gasteiger partial charge in [-0.15, -0.1) is 0 Å². The van der Waals surface area contributed by atoms with Crippen LogP contribution in [0.25, 0.3) is 0 Å². The normalized spacial score (nSPS) is 12.8. The van der Waals surface area contributed by atoms with Crippen LogP contribution in [-0.4, -0.2) is 18.9 Å². The molecule has 0 spiro atoms. The summed E-state index contributed by atoms with van der Waals surface area (Å²) in [7, 11) is -3.18. The van der Waals surface area contributed by atoms with Crippen LogP contribution in [-0.2, 0) is 20.0 Å². The van der Waals surface area contributed by atoms with Gasteiger partial charge in [-0.05, 0) is 32.3 Å². The summed E-state index contributed by atoms with van der Waals surface area (Å²) in [6.45, 7) is 4.29. The van der Waals surface area contributed by atoms with Gasteiger partial charge < -0.3 is 9.05 Å². The lowest BCUT2D eigenvalue weighted by Gasteiger charge is -2.25. The van der Waals surface area contributed by atoms with Crippen molar-refractivity contribution in [1.29, 1.82) is 5.26 Å². The van der Waals surface area contributed by atoms with Gasteiger partial charge in [0.2, 0.25) is 0 Å². The molecule has 0 aliphatic rings. The predicted molar refractivity (Wildman–Crippen MR) is 79.6 cm³/mol. The molecular weight excluding hydrogens is 273 g/mol. The molecule has 5 heteroatoms. The van der Waals surface area contributed by atoms with Crippen molar-refractivity contribution in [3.63, 3.8) is 0 Å². The first-order valence-electron chi connectivity index (χ1n) is 6.96. The summed E-state index contributed by atoms with van der Waals surface area (Å²) in [4.78, 5) is 0. The van der Waals surface area contributed by atoms with Crippen LogP contribution in [0.1, 0.15) is 32.3 Å². The topological polar surface area (TPSA) is 59.3 Å². The first-order valence-corrected chi connectivity index (χ1v) is 8.57. The van der Waals surface area contributed by atoms with Gasteiger partial charge in [-0.3, -0.25) is 4.57 Å². The largest absolute Gasteiger partial charge is 0.334 e. The molecule has 20 heavy (non-hydrogen) atoms. The Morgan fingerprint density at radius 2 is 1.80 bits per heavy atom. The van der Waals surface area contributed by atoms with Crippen LogP contribution in [0.5, 0.6) is 0 Å². The molecule has 0 heterocycles. The molecule has 0 fully saturated rings. The Labute approximate surface area is 121 Å². The molecule has 1 unspecified atom stereocenters. The van der Waals surface area contributed by atoms with Crippen LogP contribution in [0.2, 0.25) is 0 Å².